The topological polar surface area (TPSA) is 51.2 Å². The number of nitrogens with one attached hydrogen (secondary N) is 1. The number of nitrogens with zero attached hydrogens (tertiary/aromatic N) is 1. The number of aromatic nitrogens is 1. The van der Waals surface area contributed by atoms with Gasteiger partial charge in [-0.3, -0.25) is 4.98 Å². The van der Waals surface area contributed by atoms with Crippen LogP contribution in [-0.2, 0) is 9.53 Å². The van der Waals surface area contributed by atoms with E-state index in [4.69, 9.17) is 4.74 Å². The van der Waals surface area contributed by atoms with Crippen LogP contribution in [0.15, 0.2) is 22.9 Å². The van der Waals surface area contributed by atoms with Crippen LogP contribution in [0.4, 0.5) is 0 Å². The lowest BCUT2D eigenvalue weighted by Gasteiger charge is -2.16. The molecule has 0 spiro atoms. The van der Waals surface area contributed by atoms with Crippen molar-refractivity contribution in [3.05, 3.63) is 28.5 Å². The van der Waals surface area contributed by atoms with Gasteiger partial charge in [0.1, 0.15) is 6.04 Å². The summed E-state index contributed by atoms with van der Waals surface area (Å²) >= 11 is 3.35. The van der Waals surface area contributed by atoms with Gasteiger partial charge < -0.3 is 10.1 Å². The fourth-order valence-corrected chi connectivity index (χ4v) is 2.03. The molecule has 1 N–H and O–H groups in total. The number of methoxy groups -OCH3 is 1. The zero-order chi connectivity index (χ0) is 12.3. The van der Waals surface area contributed by atoms with Gasteiger partial charge in [-0.1, -0.05) is 0 Å². The first-order chi connectivity index (χ1) is 8.20. The minimum absolute atomic E-state index is 0.273. The van der Waals surface area contributed by atoms with E-state index in [-0.39, 0.29) is 5.97 Å². The summed E-state index contributed by atoms with van der Waals surface area (Å²) in [5, 5.41) is 3.24. The molecule has 1 saturated carbocycles. The highest BCUT2D eigenvalue weighted by molar-refractivity contribution is 9.10. The molecule has 1 fully saturated rings. The third-order valence-electron chi connectivity index (χ3n) is 2.80. The van der Waals surface area contributed by atoms with E-state index in [1.807, 2.05) is 6.07 Å². The van der Waals surface area contributed by atoms with E-state index >= 15 is 0 Å². The smallest absolute Gasteiger partial charge is 0.327 e. The number of pyridine rings is 1. The standard InChI is InChI=1S/C12H15BrN2O2/c1-17-12(16)11(15-5-8-2-3-8)9-4-10(13)7-14-6-9/h4,6-8,11,15H,2-3,5H2,1H3. The molecule has 5 heteroatoms. The molecule has 1 heterocycles. The van der Waals surface area contributed by atoms with Crippen molar-refractivity contribution in [2.75, 3.05) is 13.7 Å². The largest absolute Gasteiger partial charge is 0.468 e. The zero-order valence-electron chi connectivity index (χ0n) is 9.65. The predicted molar refractivity (Wildman–Crippen MR) is 67.4 cm³/mol. The summed E-state index contributed by atoms with van der Waals surface area (Å²) in [6.45, 7) is 0.853. The highest BCUT2D eigenvalue weighted by Gasteiger charge is 2.26. The minimum atomic E-state index is -0.425. The second-order valence-electron chi connectivity index (χ2n) is 4.24. The highest BCUT2D eigenvalue weighted by Crippen LogP contribution is 2.29. The Hall–Kier alpha value is -0.940. The molecule has 2 rings (SSSR count). The Morgan fingerprint density at radius 3 is 3.00 bits per heavy atom. The molecule has 1 unspecified atom stereocenters. The van der Waals surface area contributed by atoms with Crippen LogP contribution in [0, 0.1) is 5.92 Å². The summed E-state index contributed by atoms with van der Waals surface area (Å²) in [7, 11) is 1.40. The fraction of sp³-hybridized carbons (Fsp3) is 0.500. The first-order valence-corrected chi connectivity index (χ1v) is 6.41. The van der Waals surface area contributed by atoms with Crippen LogP contribution in [0.2, 0.25) is 0 Å². The van der Waals surface area contributed by atoms with Gasteiger partial charge in [0.15, 0.2) is 0 Å². The van der Waals surface area contributed by atoms with Crippen LogP contribution in [0.1, 0.15) is 24.4 Å². The number of halogens is 1. The zero-order valence-corrected chi connectivity index (χ0v) is 11.2. The molecule has 1 aromatic heterocycles. The van der Waals surface area contributed by atoms with E-state index < -0.39 is 6.04 Å². The van der Waals surface area contributed by atoms with Gasteiger partial charge in [-0.2, -0.15) is 0 Å². The normalized spacial score (nSPS) is 16.6. The van der Waals surface area contributed by atoms with E-state index in [1.54, 1.807) is 12.4 Å². The van der Waals surface area contributed by atoms with Crippen LogP contribution >= 0.6 is 15.9 Å². The molecule has 1 aliphatic carbocycles. The molecule has 1 atom stereocenters. The number of esters is 1. The lowest BCUT2D eigenvalue weighted by molar-refractivity contribution is -0.143. The number of ether oxygens (including phenoxy) is 1. The van der Waals surface area contributed by atoms with Gasteiger partial charge in [0.05, 0.1) is 7.11 Å². The monoisotopic (exact) mass is 298 g/mol. The Morgan fingerprint density at radius 2 is 2.41 bits per heavy atom. The summed E-state index contributed by atoms with van der Waals surface area (Å²) in [4.78, 5) is 15.8. The summed E-state index contributed by atoms with van der Waals surface area (Å²) in [6, 6.07) is 1.46. The molecule has 4 nitrogen and oxygen atoms in total. The Labute approximate surface area is 109 Å². The second kappa shape index (κ2) is 5.60. The molecule has 17 heavy (non-hydrogen) atoms. The van der Waals surface area contributed by atoms with Gasteiger partial charge in [0, 0.05) is 16.9 Å². The van der Waals surface area contributed by atoms with Gasteiger partial charge in [-0.05, 0) is 52.9 Å². The lowest BCUT2D eigenvalue weighted by atomic mass is 10.1. The quantitative estimate of drug-likeness (QED) is 0.846. The van der Waals surface area contributed by atoms with E-state index in [0.717, 1.165) is 16.6 Å². The molecule has 0 bridgehead atoms. The average Bonchev–Trinajstić information content (AvgIpc) is 3.13. The number of carbonyl (C=O) groups excluding carboxylic acids is 1. The Kier molecular flexibility index (Phi) is 4.12. The maximum absolute atomic E-state index is 11.7. The summed E-state index contributed by atoms with van der Waals surface area (Å²) in [5.74, 6) is 0.438. The van der Waals surface area contributed by atoms with Crippen molar-refractivity contribution in [2.45, 2.75) is 18.9 Å². The number of hydrogen-bond acceptors (Lipinski definition) is 4. The summed E-state index contributed by atoms with van der Waals surface area (Å²) in [6.07, 6.45) is 5.88. The van der Waals surface area contributed by atoms with Crippen molar-refractivity contribution in [3.63, 3.8) is 0 Å². The van der Waals surface area contributed by atoms with Crippen molar-refractivity contribution in [3.8, 4) is 0 Å². The van der Waals surface area contributed by atoms with E-state index in [2.05, 4.69) is 26.2 Å². The van der Waals surface area contributed by atoms with Crippen LogP contribution < -0.4 is 5.32 Å². The average molecular weight is 299 g/mol. The highest BCUT2D eigenvalue weighted by atomic mass is 79.9. The summed E-state index contributed by atoms with van der Waals surface area (Å²) < 4.78 is 5.67. The maximum atomic E-state index is 11.7. The van der Waals surface area contributed by atoms with Crippen molar-refractivity contribution in [1.29, 1.82) is 0 Å². The molecule has 0 aliphatic heterocycles. The van der Waals surface area contributed by atoms with Crippen molar-refractivity contribution < 1.29 is 9.53 Å². The van der Waals surface area contributed by atoms with Gasteiger partial charge in [0.25, 0.3) is 0 Å². The van der Waals surface area contributed by atoms with Gasteiger partial charge in [0.2, 0.25) is 0 Å². The number of carbonyl (C=O) groups is 1. The fourth-order valence-electron chi connectivity index (χ4n) is 1.65. The van der Waals surface area contributed by atoms with E-state index in [0.29, 0.717) is 5.92 Å². The first kappa shape index (κ1) is 12.5. The molecule has 0 radical (unpaired) electrons. The van der Waals surface area contributed by atoms with Crippen LogP contribution in [0.5, 0.6) is 0 Å². The Morgan fingerprint density at radius 1 is 1.65 bits per heavy atom. The predicted octanol–water partition coefficient (Wildman–Crippen LogP) is 2.06. The van der Waals surface area contributed by atoms with Crippen LogP contribution in [0.3, 0.4) is 0 Å². The second-order valence-corrected chi connectivity index (χ2v) is 5.16. The number of hydrogen-bond donors (Lipinski definition) is 1. The van der Waals surface area contributed by atoms with Crippen molar-refractivity contribution in [2.24, 2.45) is 5.92 Å². The van der Waals surface area contributed by atoms with Crippen LogP contribution in [0.25, 0.3) is 0 Å². The third-order valence-corrected chi connectivity index (χ3v) is 3.24. The SMILES string of the molecule is COC(=O)C(NCC1CC1)c1cncc(Br)c1. The Balaban J connectivity index is 2.09. The molecule has 0 amide bonds. The van der Waals surface area contributed by atoms with Crippen molar-refractivity contribution in [1.82, 2.24) is 10.3 Å². The number of rotatable bonds is 5. The first-order valence-electron chi connectivity index (χ1n) is 5.62. The third kappa shape index (κ3) is 3.51. The lowest BCUT2D eigenvalue weighted by Crippen LogP contribution is -2.31. The van der Waals surface area contributed by atoms with Gasteiger partial charge >= 0.3 is 5.97 Å². The molecule has 1 aliphatic rings. The molecule has 0 aromatic carbocycles. The molecular weight excluding hydrogens is 284 g/mol. The molecular formula is C12H15BrN2O2. The van der Waals surface area contributed by atoms with Crippen LogP contribution in [-0.4, -0.2) is 24.6 Å². The maximum Gasteiger partial charge on any atom is 0.327 e. The Bertz CT molecular complexity index is 407. The molecule has 92 valence electrons. The molecule has 0 saturated heterocycles. The van der Waals surface area contributed by atoms with Crippen molar-refractivity contribution >= 4 is 21.9 Å². The van der Waals surface area contributed by atoms with E-state index in [9.17, 15) is 4.79 Å². The minimum Gasteiger partial charge on any atom is -0.468 e. The van der Waals surface area contributed by atoms with Gasteiger partial charge in [-0.15, -0.1) is 0 Å². The summed E-state index contributed by atoms with van der Waals surface area (Å²) in [5.41, 5.74) is 0.826. The van der Waals surface area contributed by atoms with Gasteiger partial charge in [-0.25, -0.2) is 4.79 Å². The van der Waals surface area contributed by atoms with E-state index in [1.165, 1.54) is 20.0 Å². The molecule has 1 aromatic rings.